The molecule has 1 amide bonds. The van der Waals surface area contributed by atoms with E-state index in [1.54, 1.807) is 0 Å². The van der Waals surface area contributed by atoms with Gasteiger partial charge < -0.3 is 9.80 Å². The van der Waals surface area contributed by atoms with E-state index in [2.05, 4.69) is 39.5 Å². The molecule has 1 aliphatic heterocycles. The highest BCUT2D eigenvalue weighted by Gasteiger charge is 2.30. The van der Waals surface area contributed by atoms with Gasteiger partial charge in [0.05, 0.1) is 6.04 Å². The predicted octanol–water partition coefficient (Wildman–Crippen LogP) is 1.86. The van der Waals surface area contributed by atoms with Gasteiger partial charge in [0, 0.05) is 25.2 Å². The molecule has 7 heteroatoms. The summed E-state index contributed by atoms with van der Waals surface area (Å²) in [6.45, 7) is 2.45. The summed E-state index contributed by atoms with van der Waals surface area (Å²) >= 11 is 0. The van der Waals surface area contributed by atoms with Crippen LogP contribution in [0.2, 0.25) is 0 Å². The Kier molecular flexibility index (Phi) is 4.93. The van der Waals surface area contributed by atoms with Crippen LogP contribution in [-0.2, 0) is 11.3 Å². The van der Waals surface area contributed by atoms with E-state index in [-0.39, 0.29) is 18.5 Å². The van der Waals surface area contributed by atoms with Gasteiger partial charge in [-0.25, -0.2) is 0 Å². The van der Waals surface area contributed by atoms with Gasteiger partial charge in [-0.1, -0.05) is 60.7 Å². The van der Waals surface area contributed by atoms with Crippen LogP contribution in [0, 0.1) is 0 Å². The smallest absolute Gasteiger partial charge is 0.246 e. The molecule has 138 valence electrons. The predicted molar refractivity (Wildman–Crippen MR) is 102 cm³/mol. The summed E-state index contributed by atoms with van der Waals surface area (Å²) in [6.07, 6.45) is 0. The van der Waals surface area contributed by atoms with Crippen molar-refractivity contribution in [2.45, 2.75) is 12.6 Å². The number of rotatable bonds is 4. The van der Waals surface area contributed by atoms with Crippen LogP contribution in [-0.4, -0.2) is 62.6 Å². The Bertz CT molecular complexity index is 895. The second-order valence-corrected chi connectivity index (χ2v) is 6.79. The van der Waals surface area contributed by atoms with Crippen molar-refractivity contribution in [1.29, 1.82) is 0 Å². The Hall–Kier alpha value is -3.06. The molecule has 3 aromatic rings. The van der Waals surface area contributed by atoms with E-state index in [9.17, 15) is 4.79 Å². The normalized spacial score (nSPS) is 17.8. The minimum Gasteiger partial charge on any atom is -0.331 e. The lowest BCUT2D eigenvalue weighted by atomic mass is 10.0. The second kappa shape index (κ2) is 7.67. The fourth-order valence-electron chi connectivity index (χ4n) is 3.40. The summed E-state index contributed by atoms with van der Waals surface area (Å²) in [6, 6.07) is 19.8. The quantitative estimate of drug-likeness (QED) is 0.709. The van der Waals surface area contributed by atoms with Crippen LogP contribution in [0.15, 0.2) is 60.7 Å². The summed E-state index contributed by atoms with van der Waals surface area (Å²) < 4.78 is 0. The summed E-state index contributed by atoms with van der Waals surface area (Å²) in [5, 5.41) is 12.5. The van der Waals surface area contributed by atoms with Crippen molar-refractivity contribution in [3.63, 3.8) is 0 Å². The first-order valence-electron chi connectivity index (χ1n) is 9.07. The molecular weight excluding hydrogens is 340 g/mol. The molecule has 27 heavy (non-hydrogen) atoms. The average molecular weight is 362 g/mol. The molecule has 1 unspecified atom stereocenters. The first-order valence-corrected chi connectivity index (χ1v) is 9.07. The van der Waals surface area contributed by atoms with Crippen molar-refractivity contribution < 1.29 is 4.79 Å². The average Bonchev–Trinajstić information content (AvgIpc) is 3.17. The fourth-order valence-corrected chi connectivity index (χ4v) is 3.40. The van der Waals surface area contributed by atoms with E-state index in [0.717, 1.165) is 24.2 Å². The molecule has 0 saturated carbocycles. The number of amides is 1. The zero-order chi connectivity index (χ0) is 18.6. The highest BCUT2D eigenvalue weighted by atomic mass is 16.2. The molecule has 1 aromatic heterocycles. The third kappa shape index (κ3) is 3.88. The number of hydrogen-bond acceptors (Lipinski definition) is 5. The minimum absolute atomic E-state index is 0.00830. The van der Waals surface area contributed by atoms with Crippen LogP contribution in [0.1, 0.15) is 11.6 Å². The maximum Gasteiger partial charge on any atom is 0.246 e. The topological polar surface area (TPSA) is 67.2 Å². The summed E-state index contributed by atoms with van der Waals surface area (Å²) in [7, 11) is 2.09. The molecule has 2 heterocycles. The molecule has 1 atom stereocenters. The van der Waals surface area contributed by atoms with Crippen LogP contribution in [0.25, 0.3) is 11.4 Å². The molecule has 0 spiro atoms. The van der Waals surface area contributed by atoms with E-state index < -0.39 is 0 Å². The lowest BCUT2D eigenvalue weighted by Gasteiger charge is -2.40. The molecule has 0 aliphatic carbocycles. The number of carbonyl (C=O) groups excluding carboxylic acids is 1. The van der Waals surface area contributed by atoms with Crippen molar-refractivity contribution in [2.24, 2.45) is 0 Å². The molecule has 7 nitrogen and oxygen atoms in total. The van der Waals surface area contributed by atoms with Gasteiger partial charge in [0.25, 0.3) is 0 Å². The molecule has 4 rings (SSSR count). The first-order chi connectivity index (χ1) is 13.2. The fraction of sp³-hybridized carbons (Fsp3) is 0.300. The molecule has 0 N–H and O–H groups in total. The second-order valence-electron chi connectivity index (χ2n) is 6.79. The summed E-state index contributed by atoms with van der Waals surface area (Å²) in [5.74, 6) is 0.537. The largest absolute Gasteiger partial charge is 0.331 e. The maximum atomic E-state index is 13.0. The van der Waals surface area contributed by atoms with Crippen molar-refractivity contribution in [3.8, 4) is 11.4 Å². The van der Waals surface area contributed by atoms with E-state index in [0.29, 0.717) is 12.4 Å². The zero-order valence-corrected chi connectivity index (χ0v) is 15.3. The van der Waals surface area contributed by atoms with Crippen molar-refractivity contribution in [2.75, 3.05) is 26.7 Å². The third-order valence-corrected chi connectivity index (χ3v) is 4.85. The molecule has 2 aromatic carbocycles. The van der Waals surface area contributed by atoms with Crippen molar-refractivity contribution in [1.82, 2.24) is 30.0 Å². The van der Waals surface area contributed by atoms with Crippen LogP contribution >= 0.6 is 0 Å². The van der Waals surface area contributed by atoms with E-state index in [1.807, 2.05) is 53.4 Å². The Morgan fingerprint density at radius 2 is 1.74 bits per heavy atom. The van der Waals surface area contributed by atoms with Crippen LogP contribution < -0.4 is 0 Å². The van der Waals surface area contributed by atoms with Crippen LogP contribution in [0.3, 0.4) is 0 Å². The van der Waals surface area contributed by atoms with Gasteiger partial charge in [-0.3, -0.25) is 4.79 Å². The molecular formula is C20H22N6O. The Morgan fingerprint density at radius 1 is 1.04 bits per heavy atom. The minimum atomic E-state index is 0.00830. The van der Waals surface area contributed by atoms with Gasteiger partial charge in [0.15, 0.2) is 0 Å². The standard InChI is InChI=1S/C20H22N6O/c1-24-12-13-25(18(14-24)16-8-4-2-5-9-16)19(27)15-26-22-20(21-23-26)17-10-6-3-7-11-17/h2-11,18H,12-15H2,1H3. The number of piperazine rings is 1. The van der Waals surface area contributed by atoms with Crippen LogP contribution in [0.5, 0.6) is 0 Å². The van der Waals surface area contributed by atoms with E-state index in [1.165, 1.54) is 4.80 Å². The summed E-state index contributed by atoms with van der Waals surface area (Å²) in [5.41, 5.74) is 2.03. The lowest BCUT2D eigenvalue weighted by Crippen LogP contribution is -2.50. The summed E-state index contributed by atoms with van der Waals surface area (Å²) in [4.78, 5) is 18.5. The number of aromatic nitrogens is 4. The Morgan fingerprint density at radius 3 is 2.48 bits per heavy atom. The molecule has 0 bridgehead atoms. The number of benzene rings is 2. The number of likely N-dealkylation sites (N-methyl/N-ethyl adjacent to an activating group) is 1. The van der Waals surface area contributed by atoms with Gasteiger partial charge in [-0.05, 0) is 17.8 Å². The monoisotopic (exact) mass is 362 g/mol. The van der Waals surface area contributed by atoms with Crippen molar-refractivity contribution in [3.05, 3.63) is 66.2 Å². The number of carbonyl (C=O) groups is 1. The molecule has 0 radical (unpaired) electrons. The van der Waals surface area contributed by atoms with E-state index in [4.69, 9.17) is 0 Å². The first kappa shape index (κ1) is 17.4. The van der Waals surface area contributed by atoms with Gasteiger partial charge in [0.1, 0.15) is 6.54 Å². The zero-order valence-electron chi connectivity index (χ0n) is 15.3. The number of hydrogen-bond donors (Lipinski definition) is 0. The number of nitrogens with zero attached hydrogens (tertiary/aromatic N) is 6. The highest BCUT2D eigenvalue weighted by Crippen LogP contribution is 2.25. The van der Waals surface area contributed by atoms with Crippen LogP contribution in [0.4, 0.5) is 0 Å². The molecule has 1 fully saturated rings. The van der Waals surface area contributed by atoms with E-state index >= 15 is 0 Å². The maximum absolute atomic E-state index is 13.0. The molecule has 1 saturated heterocycles. The highest BCUT2D eigenvalue weighted by molar-refractivity contribution is 5.76. The third-order valence-electron chi connectivity index (χ3n) is 4.85. The Labute approximate surface area is 158 Å². The number of tetrazole rings is 1. The Balaban J connectivity index is 1.51. The van der Waals surface area contributed by atoms with Gasteiger partial charge in [-0.15, -0.1) is 10.2 Å². The molecule has 1 aliphatic rings. The van der Waals surface area contributed by atoms with Gasteiger partial charge in [0.2, 0.25) is 11.7 Å². The van der Waals surface area contributed by atoms with Gasteiger partial charge in [-0.2, -0.15) is 4.80 Å². The van der Waals surface area contributed by atoms with Gasteiger partial charge >= 0.3 is 0 Å². The van der Waals surface area contributed by atoms with Crippen molar-refractivity contribution >= 4 is 5.91 Å². The lowest BCUT2D eigenvalue weighted by molar-refractivity contribution is -0.137. The SMILES string of the molecule is CN1CCN(C(=O)Cn2nnc(-c3ccccc3)n2)C(c2ccccc2)C1.